The average Bonchev–Trinajstić information content (AvgIpc) is 3.38. The van der Waals surface area contributed by atoms with Crippen LogP contribution in [0.15, 0.2) is 23.1 Å². The lowest BCUT2D eigenvalue weighted by Crippen LogP contribution is -2.29. The van der Waals surface area contributed by atoms with E-state index in [0.717, 1.165) is 4.57 Å². The standard InChI is InChI=1S/C23H33N4O16P3S/c1-36-15-7-17(37-2)16(18(8-15)38-3)12-47-13-39-19-9-21(27-10-14(5-4-6-24)22(25)26-23(27)28)41-20(19)11-40-45(32,33)43-46(34,35)42-44(29,30)31/h7-8,10,19-21H,6,9,11-13,24H2,1-3H3,(H,32,33)(H,34,35)(H2,25,26,28)(H2,29,30,31)/t19-,20+,21+/m0/s1. The van der Waals surface area contributed by atoms with Gasteiger partial charge in [-0.3, -0.25) is 9.09 Å². The smallest absolute Gasteiger partial charge is 0.490 e. The van der Waals surface area contributed by atoms with Crippen molar-refractivity contribution in [2.75, 3.05) is 46.2 Å². The molecule has 3 rings (SSSR count). The van der Waals surface area contributed by atoms with Gasteiger partial charge in [-0.05, 0) is 0 Å². The number of aromatic nitrogens is 2. The molecule has 2 heterocycles. The van der Waals surface area contributed by atoms with Gasteiger partial charge in [0.15, 0.2) is 0 Å². The Morgan fingerprint density at radius 1 is 1.06 bits per heavy atom. The third-order valence-corrected chi connectivity index (χ3v) is 10.6. The molecule has 1 aliphatic heterocycles. The molecule has 1 aliphatic rings. The minimum Gasteiger partial charge on any atom is -0.496 e. The van der Waals surface area contributed by atoms with E-state index in [1.54, 1.807) is 12.1 Å². The maximum Gasteiger partial charge on any atom is 0.490 e. The van der Waals surface area contributed by atoms with Crippen molar-refractivity contribution in [1.29, 1.82) is 0 Å². The van der Waals surface area contributed by atoms with Crippen LogP contribution >= 0.6 is 35.2 Å². The van der Waals surface area contributed by atoms with E-state index in [0.29, 0.717) is 28.6 Å². The van der Waals surface area contributed by atoms with Crippen LogP contribution < -0.4 is 31.4 Å². The van der Waals surface area contributed by atoms with Crippen molar-refractivity contribution in [3.8, 4) is 29.1 Å². The molecule has 47 heavy (non-hydrogen) atoms. The van der Waals surface area contributed by atoms with Crippen LogP contribution in [-0.4, -0.2) is 81.8 Å². The van der Waals surface area contributed by atoms with Gasteiger partial charge in [0, 0.05) is 36.1 Å². The summed E-state index contributed by atoms with van der Waals surface area (Å²) in [6, 6.07) is 3.36. The fourth-order valence-corrected chi connectivity index (χ4v) is 7.97. The van der Waals surface area contributed by atoms with Gasteiger partial charge in [-0.2, -0.15) is 13.6 Å². The Morgan fingerprint density at radius 3 is 2.30 bits per heavy atom. The van der Waals surface area contributed by atoms with Gasteiger partial charge in [-0.25, -0.2) is 18.5 Å². The van der Waals surface area contributed by atoms with E-state index in [1.165, 1.54) is 39.3 Å². The Kier molecular flexibility index (Phi) is 13.9. The zero-order valence-corrected chi connectivity index (χ0v) is 28.5. The molecule has 2 aromatic rings. The van der Waals surface area contributed by atoms with Gasteiger partial charge >= 0.3 is 29.2 Å². The summed E-state index contributed by atoms with van der Waals surface area (Å²) < 4.78 is 76.4. The second-order valence-electron chi connectivity index (χ2n) is 9.17. The van der Waals surface area contributed by atoms with Crippen LogP contribution in [0.1, 0.15) is 23.8 Å². The summed E-state index contributed by atoms with van der Waals surface area (Å²) in [5.41, 5.74) is 11.3. The first-order valence-corrected chi connectivity index (χ1v) is 18.7. The normalized spacial score (nSPS) is 20.5. The van der Waals surface area contributed by atoms with Crippen LogP contribution in [0.5, 0.6) is 17.2 Å². The number of thioether (sulfide) groups is 1. The number of rotatable bonds is 16. The Hall–Kier alpha value is -2.50. The zero-order chi connectivity index (χ0) is 35.0. The van der Waals surface area contributed by atoms with Crippen molar-refractivity contribution >= 4 is 41.0 Å². The van der Waals surface area contributed by atoms with Gasteiger partial charge < -0.3 is 54.7 Å². The fraction of sp³-hybridized carbons (Fsp3) is 0.478. The Labute approximate surface area is 272 Å². The molecule has 1 fully saturated rings. The van der Waals surface area contributed by atoms with E-state index in [4.69, 9.17) is 49.5 Å². The van der Waals surface area contributed by atoms with Gasteiger partial charge in [0.25, 0.3) is 0 Å². The SMILES string of the molecule is COc1cc(OC)c(CSCO[C@H]2C[C@H](n3cc(C#CCN)c(N)nc3=O)O[C@@H]2COP(=O)(O)OP(=O)(O)OP(=O)(O)O)c(OC)c1. The van der Waals surface area contributed by atoms with E-state index in [2.05, 4.69) is 25.4 Å². The number of nitrogens with zero attached hydrogens (tertiary/aromatic N) is 2. The lowest BCUT2D eigenvalue weighted by atomic mass is 10.2. The summed E-state index contributed by atoms with van der Waals surface area (Å²) in [4.78, 5) is 53.3. The number of hydrogen-bond donors (Lipinski definition) is 6. The van der Waals surface area contributed by atoms with E-state index in [9.17, 15) is 28.3 Å². The highest BCUT2D eigenvalue weighted by Gasteiger charge is 2.43. The molecule has 1 aromatic carbocycles. The van der Waals surface area contributed by atoms with Crippen molar-refractivity contribution in [1.82, 2.24) is 9.55 Å². The Morgan fingerprint density at radius 2 is 1.72 bits per heavy atom. The van der Waals surface area contributed by atoms with Crippen LogP contribution in [0.4, 0.5) is 5.82 Å². The molecule has 2 unspecified atom stereocenters. The average molecular weight is 747 g/mol. The van der Waals surface area contributed by atoms with Gasteiger partial charge in [0.05, 0.1) is 52.1 Å². The summed E-state index contributed by atoms with van der Waals surface area (Å²) in [6.07, 6.45) is -1.96. The van der Waals surface area contributed by atoms with Crippen molar-refractivity contribution in [2.45, 2.75) is 30.6 Å². The molecule has 24 heteroatoms. The second kappa shape index (κ2) is 16.7. The molecule has 8 N–H and O–H groups in total. The topological polar surface area (TPSA) is 293 Å². The molecule has 5 atom stereocenters. The summed E-state index contributed by atoms with van der Waals surface area (Å²) >= 11 is 1.28. The highest BCUT2D eigenvalue weighted by molar-refractivity contribution is 7.98. The summed E-state index contributed by atoms with van der Waals surface area (Å²) in [5, 5.41) is 0. The summed E-state index contributed by atoms with van der Waals surface area (Å²) in [6.45, 7) is -0.824. The van der Waals surface area contributed by atoms with Crippen LogP contribution in [0, 0.1) is 11.8 Å². The van der Waals surface area contributed by atoms with Crippen molar-refractivity contribution < 1.29 is 70.1 Å². The molecule has 20 nitrogen and oxygen atoms in total. The fourth-order valence-electron chi connectivity index (χ4n) is 4.10. The van der Waals surface area contributed by atoms with Crippen molar-refractivity contribution in [3.63, 3.8) is 0 Å². The molecule has 0 aliphatic carbocycles. The molecule has 1 aromatic heterocycles. The molecule has 0 radical (unpaired) electrons. The number of benzene rings is 1. The zero-order valence-electron chi connectivity index (χ0n) is 25.0. The number of methoxy groups -OCH3 is 3. The van der Waals surface area contributed by atoms with Gasteiger partial charge in [0.1, 0.15) is 35.4 Å². The lowest BCUT2D eigenvalue weighted by molar-refractivity contribution is -0.0544. The summed E-state index contributed by atoms with van der Waals surface area (Å²) in [7, 11) is -12.4. The number of phosphoric acid groups is 3. The minimum atomic E-state index is -5.76. The number of phosphoric ester groups is 1. The van der Waals surface area contributed by atoms with E-state index in [1.807, 2.05) is 0 Å². The Bertz CT molecular complexity index is 1650. The molecule has 0 amide bonds. The predicted molar refractivity (Wildman–Crippen MR) is 164 cm³/mol. The highest BCUT2D eigenvalue weighted by atomic mass is 32.2. The predicted octanol–water partition coefficient (Wildman–Crippen LogP) is 1.07. The van der Waals surface area contributed by atoms with E-state index in [-0.39, 0.29) is 30.3 Å². The van der Waals surface area contributed by atoms with E-state index >= 15 is 0 Å². The molecular weight excluding hydrogens is 713 g/mol. The Balaban J connectivity index is 1.79. The van der Waals surface area contributed by atoms with Crippen LogP contribution in [0.3, 0.4) is 0 Å². The van der Waals surface area contributed by atoms with Gasteiger partial charge in [0.2, 0.25) is 0 Å². The molecule has 1 saturated heterocycles. The minimum absolute atomic E-state index is 0.00300. The largest absolute Gasteiger partial charge is 0.496 e. The quantitative estimate of drug-likeness (QED) is 0.0606. The molecular formula is C23H33N4O16P3S. The molecule has 262 valence electrons. The van der Waals surface area contributed by atoms with Crippen LogP contribution in [-0.2, 0) is 42.1 Å². The van der Waals surface area contributed by atoms with Gasteiger partial charge in [-0.15, -0.1) is 11.8 Å². The first kappa shape index (κ1) is 38.9. The van der Waals surface area contributed by atoms with Crippen LogP contribution in [0.2, 0.25) is 0 Å². The molecule has 0 spiro atoms. The van der Waals surface area contributed by atoms with Crippen molar-refractivity contribution in [3.05, 3.63) is 39.9 Å². The molecule has 0 bridgehead atoms. The number of ether oxygens (including phenoxy) is 5. The third kappa shape index (κ3) is 11.6. The monoisotopic (exact) mass is 746 g/mol. The maximum atomic E-state index is 12.7. The first-order valence-electron chi connectivity index (χ1n) is 13.0. The lowest BCUT2D eigenvalue weighted by Gasteiger charge is -2.21. The van der Waals surface area contributed by atoms with Crippen LogP contribution in [0.25, 0.3) is 0 Å². The first-order chi connectivity index (χ1) is 22.0. The number of hydrogen-bond acceptors (Lipinski definition) is 16. The highest BCUT2D eigenvalue weighted by Crippen LogP contribution is 2.66. The number of nitrogens with two attached hydrogens (primary N) is 2. The second-order valence-corrected chi connectivity index (χ2v) is 14.5. The maximum absolute atomic E-state index is 12.7. The summed E-state index contributed by atoms with van der Waals surface area (Å²) in [5.74, 6) is 6.98. The number of nitrogen functional groups attached to an aromatic ring is 1. The number of anilines is 1. The van der Waals surface area contributed by atoms with Gasteiger partial charge in [-0.1, -0.05) is 11.8 Å². The van der Waals surface area contributed by atoms with Crippen molar-refractivity contribution in [2.24, 2.45) is 5.73 Å². The van der Waals surface area contributed by atoms with E-state index < -0.39 is 54.2 Å². The third-order valence-electron chi connectivity index (χ3n) is 6.04. The molecule has 0 saturated carbocycles.